The molecule has 0 bridgehead atoms. The fourth-order valence-electron chi connectivity index (χ4n) is 8.25. The van der Waals surface area contributed by atoms with Gasteiger partial charge in [-0.3, -0.25) is 0 Å². The maximum absolute atomic E-state index is 5.27. The molecule has 0 aliphatic rings. The predicted molar refractivity (Wildman–Crippen MR) is 245 cm³/mol. The topological polar surface area (TPSA) is 77.3 Å². The summed E-state index contributed by atoms with van der Waals surface area (Å²) in [4.78, 5) is 31.2. The van der Waals surface area contributed by atoms with Gasteiger partial charge in [-0.15, -0.1) is 0 Å². The zero-order valence-corrected chi connectivity index (χ0v) is 32.2. The quantitative estimate of drug-likeness (QED) is 0.162. The van der Waals surface area contributed by atoms with Crippen LogP contribution < -0.4 is 0 Å². The standard InChI is InChI=1S/C54H32N6/c1-3-11-35-27-43(19-17-33(35)9-1)52-58-53(44-20-18-34-10-2-4-12-36(34)28-44)60-54(59-52)45-31-50(46-23-21-41-25-37-13-5-7-15-39(37)29-48(41)55-46)57-51(32-45)47-24-22-42-26-38-14-6-8-16-40(38)30-49(42)56-47/h1-32H. The first kappa shape index (κ1) is 33.9. The van der Waals surface area contributed by atoms with Gasteiger partial charge in [0.1, 0.15) is 0 Å². The normalized spacial score (nSPS) is 11.7. The lowest BCUT2D eigenvalue weighted by Gasteiger charge is -2.12. The van der Waals surface area contributed by atoms with Gasteiger partial charge in [0, 0.05) is 27.5 Å². The highest BCUT2D eigenvalue weighted by molar-refractivity contribution is 5.99. The van der Waals surface area contributed by atoms with Crippen molar-refractivity contribution in [3.63, 3.8) is 0 Å². The summed E-state index contributed by atoms with van der Waals surface area (Å²) in [7, 11) is 0. The molecule has 0 fully saturated rings. The Hall–Kier alpha value is -8.22. The zero-order chi connectivity index (χ0) is 39.6. The second kappa shape index (κ2) is 13.7. The fraction of sp³-hybridized carbons (Fsp3) is 0. The van der Waals surface area contributed by atoms with Crippen molar-refractivity contribution in [2.24, 2.45) is 0 Å². The third-order valence-corrected chi connectivity index (χ3v) is 11.4. The van der Waals surface area contributed by atoms with Gasteiger partial charge < -0.3 is 0 Å². The Morgan fingerprint density at radius 3 is 0.983 bits per heavy atom. The molecule has 0 atom stereocenters. The van der Waals surface area contributed by atoms with E-state index in [9.17, 15) is 0 Å². The number of hydrogen-bond acceptors (Lipinski definition) is 6. The highest BCUT2D eigenvalue weighted by atomic mass is 15.0. The Balaban J connectivity index is 1.08. The summed E-state index contributed by atoms with van der Waals surface area (Å²) in [6.07, 6.45) is 0. The molecule has 0 aliphatic carbocycles. The third-order valence-electron chi connectivity index (χ3n) is 11.4. The molecule has 12 aromatic rings. The molecule has 6 heteroatoms. The Bertz CT molecular complexity index is 3460. The van der Waals surface area contributed by atoms with Gasteiger partial charge in [-0.05, 0) is 104 Å². The molecule has 6 nitrogen and oxygen atoms in total. The van der Waals surface area contributed by atoms with Crippen LogP contribution in [0.15, 0.2) is 194 Å². The fourth-order valence-corrected chi connectivity index (χ4v) is 8.25. The summed E-state index contributed by atoms with van der Waals surface area (Å²) in [6, 6.07) is 67.2. The van der Waals surface area contributed by atoms with Crippen LogP contribution in [0.25, 0.3) is 122 Å². The number of fused-ring (bicyclic) bond motifs is 6. The molecule has 0 unspecified atom stereocenters. The molecule has 0 radical (unpaired) electrons. The van der Waals surface area contributed by atoms with Crippen LogP contribution in [0, 0.1) is 0 Å². The average Bonchev–Trinajstić information content (AvgIpc) is 3.31. The van der Waals surface area contributed by atoms with E-state index in [2.05, 4.69) is 170 Å². The van der Waals surface area contributed by atoms with Gasteiger partial charge in [-0.2, -0.15) is 0 Å². The monoisotopic (exact) mass is 764 g/mol. The minimum absolute atomic E-state index is 0.528. The Labute approximate surface area is 344 Å². The zero-order valence-electron chi connectivity index (χ0n) is 32.2. The second-order valence-corrected chi connectivity index (χ2v) is 15.2. The largest absolute Gasteiger partial charge is 0.246 e. The van der Waals surface area contributed by atoms with E-state index in [1.807, 2.05) is 24.3 Å². The lowest BCUT2D eigenvalue weighted by atomic mass is 10.0. The molecule has 278 valence electrons. The van der Waals surface area contributed by atoms with E-state index in [4.69, 9.17) is 29.9 Å². The highest BCUT2D eigenvalue weighted by Crippen LogP contribution is 2.34. The number of pyridine rings is 3. The van der Waals surface area contributed by atoms with Gasteiger partial charge in [-0.1, -0.05) is 133 Å². The maximum atomic E-state index is 5.27. The second-order valence-electron chi connectivity index (χ2n) is 15.2. The molecule has 0 saturated heterocycles. The van der Waals surface area contributed by atoms with Crippen LogP contribution in [-0.2, 0) is 0 Å². The van der Waals surface area contributed by atoms with E-state index in [0.717, 1.165) is 82.2 Å². The van der Waals surface area contributed by atoms with Gasteiger partial charge >= 0.3 is 0 Å². The molecular formula is C54H32N6. The van der Waals surface area contributed by atoms with Crippen LogP contribution in [0.4, 0.5) is 0 Å². The van der Waals surface area contributed by atoms with E-state index in [1.54, 1.807) is 0 Å². The first-order valence-electron chi connectivity index (χ1n) is 20.0. The van der Waals surface area contributed by atoms with Crippen LogP contribution in [0.2, 0.25) is 0 Å². The highest BCUT2D eigenvalue weighted by Gasteiger charge is 2.18. The third kappa shape index (κ3) is 6.06. The summed E-state index contributed by atoms with van der Waals surface area (Å²) in [6.45, 7) is 0. The van der Waals surface area contributed by atoms with Gasteiger partial charge in [0.25, 0.3) is 0 Å². The lowest BCUT2D eigenvalue weighted by Crippen LogP contribution is -2.02. The van der Waals surface area contributed by atoms with Crippen LogP contribution in [0.1, 0.15) is 0 Å². The van der Waals surface area contributed by atoms with Crippen molar-refractivity contribution in [3.8, 4) is 56.9 Å². The smallest absolute Gasteiger partial charge is 0.164 e. The van der Waals surface area contributed by atoms with Crippen molar-refractivity contribution in [1.82, 2.24) is 29.9 Å². The van der Waals surface area contributed by atoms with E-state index in [0.29, 0.717) is 28.9 Å². The number of aromatic nitrogens is 6. The van der Waals surface area contributed by atoms with E-state index in [-0.39, 0.29) is 0 Å². The molecule has 4 heterocycles. The van der Waals surface area contributed by atoms with Gasteiger partial charge in [0.15, 0.2) is 17.5 Å². The van der Waals surface area contributed by atoms with Gasteiger partial charge in [-0.25, -0.2) is 29.9 Å². The summed E-state index contributed by atoms with van der Waals surface area (Å²) in [5.41, 5.74) is 7.25. The summed E-state index contributed by atoms with van der Waals surface area (Å²) in [5, 5.41) is 11.3. The first-order valence-corrected chi connectivity index (χ1v) is 20.0. The molecule has 0 amide bonds. The Morgan fingerprint density at radius 1 is 0.200 bits per heavy atom. The number of benzene rings is 8. The van der Waals surface area contributed by atoms with Crippen LogP contribution in [0.3, 0.4) is 0 Å². The van der Waals surface area contributed by atoms with Crippen LogP contribution in [-0.4, -0.2) is 29.9 Å². The van der Waals surface area contributed by atoms with Crippen molar-refractivity contribution in [3.05, 3.63) is 194 Å². The number of hydrogen-bond donors (Lipinski definition) is 0. The molecule has 4 aromatic heterocycles. The number of nitrogens with zero attached hydrogens (tertiary/aromatic N) is 6. The molecule has 60 heavy (non-hydrogen) atoms. The molecular weight excluding hydrogens is 733 g/mol. The van der Waals surface area contributed by atoms with Crippen molar-refractivity contribution < 1.29 is 0 Å². The Kier molecular flexibility index (Phi) is 7.74. The molecule has 8 aromatic carbocycles. The Morgan fingerprint density at radius 2 is 0.550 bits per heavy atom. The number of rotatable bonds is 5. The predicted octanol–water partition coefficient (Wildman–Crippen LogP) is 13.3. The summed E-state index contributed by atoms with van der Waals surface area (Å²) in [5.74, 6) is 1.69. The molecule has 0 aliphatic heterocycles. The lowest BCUT2D eigenvalue weighted by molar-refractivity contribution is 1.07. The molecule has 0 spiro atoms. The minimum atomic E-state index is 0.528. The van der Waals surface area contributed by atoms with Crippen molar-refractivity contribution in [2.45, 2.75) is 0 Å². The average molecular weight is 765 g/mol. The molecule has 0 N–H and O–H groups in total. The van der Waals surface area contributed by atoms with Crippen molar-refractivity contribution >= 4 is 64.9 Å². The van der Waals surface area contributed by atoms with Crippen LogP contribution >= 0.6 is 0 Å². The first-order chi connectivity index (χ1) is 29.6. The van der Waals surface area contributed by atoms with E-state index < -0.39 is 0 Å². The SMILES string of the molecule is c1ccc2cc(-c3nc(-c4cc(-c5ccc6cc7ccccc7cc6n5)nc(-c5ccc6cc7ccccc7cc6n5)c4)nc(-c4ccc5ccccc5c4)n3)ccc2c1. The van der Waals surface area contributed by atoms with E-state index >= 15 is 0 Å². The van der Waals surface area contributed by atoms with Gasteiger partial charge in [0.2, 0.25) is 0 Å². The van der Waals surface area contributed by atoms with Crippen LogP contribution in [0.5, 0.6) is 0 Å². The van der Waals surface area contributed by atoms with Gasteiger partial charge in [0.05, 0.1) is 33.8 Å². The maximum Gasteiger partial charge on any atom is 0.164 e. The van der Waals surface area contributed by atoms with Crippen molar-refractivity contribution in [1.29, 1.82) is 0 Å². The van der Waals surface area contributed by atoms with Crippen molar-refractivity contribution in [2.75, 3.05) is 0 Å². The summed E-state index contributed by atoms with van der Waals surface area (Å²) >= 11 is 0. The minimum Gasteiger partial charge on any atom is -0.246 e. The molecule has 12 rings (SSSR count). The summed E-state index contributed by atoms with van der Waals surface area (Å²) < 4.78 is 0. The molecule has 0 saturated carbocycles. The van der Waals surface area contributed by atoms with E-state index in [1.165, 1.54) is 10.8 Å².